The normalized spacial score (nSPS) is 16.0. The highest BCUT2D eigenvalue weighted by molar-refractivity contribution is 7.85. The Kier molecular flexibility index (Phi) is 3.64. The summed E-state index contributed by atoms with van der Waals surface area (Å²) in [6, 6.07) is 11.3. The smallest absolute Gasteiger partial charge is 0.338 e. The molecule has 0 aliphatic carbocycles. The molecule has 0 spiro atoms. The highest BCUT2D eigenvalue weighted by Crippen LogP contribution is 2.32. The molecule has 1 atom stereocenters. The van der Waals surface area contributed by atoms with Gasteiger partial charge in [0.15, 0.2) is 0 Å². The summed E-state index contributed by atoms with van der Waals surface area (Å²) in [6.45, 7) is 4.14. The summed E-state index contributed by atoms with van der Waals surface area (Å²) in [4.78, 5) is 13.4. The Morgan fingerprint density at radius 3 is 2.71 bits per heavy atom. The van der Waals surface area contributed by atoms with Crippen molar-refractivity contribution >= 4 is 16.8 Å². The zero-order valence-corrected chi connectivity index (χ0v) is 12.8. The summed E-state index contributed by atoms with van der Waals surface area (Å²) < 4.78 is 17.7. The lowest BCUT2D eigenvalue weighted by atomic mass is 10.0. The first kappa shape index (κ1) is 14.0. The lowest BCUT2D eigenvalue weighted by molar-refractivity contribution is 0.0526. The molecule has 0 saturated heterocycles. The Morgan fingerprint density at radius 1 is 1.14 bits per heavy atom. The lowest BCUT2D eigenvalue weighted by Gasteiger charge is -2.20. The molecule has 3 rings (SSSR count). The third-order valence-electron chi connectivity index (χ3n) is 3.57. The molecule has 108 valence electrons. The number of aryl methyl sites for hydroxylation is 1. The van der Waals surface area contributed by atoms with Crippen molar-refractivity contribution in [2.45, 2.75) is 30.1 Å². The van der Waals surface area contributed by atoms with Crippen LogP contribution in [0.2, 0.25) is 0 Å². The van der Waals surface area contributed by atoms with Gasteiger partial charge in [0.2, 0.25) is 0 Å². The molecule has 1 aliphatic rings. The highest BCUT2D eigenvalue weighted by Gasteiger charge is 2.23. The van der Waals surface area contributed by atoms with Crippen molar-refractivity contribution in [2.24, 2.45) is 0 Å². The maximum absolute atomic E-state index is 12.7. The molecule has 0 fully saturated rings. The molecule has 0 N–H and O–H groups in total. The minimum absolute atomic E-state index is 0.334. The van der Waals surface area contributed by atoms with E-state index in [0.717, 1.165) is 32.9 Å². The number of carbonyl (C=O) groups excluding carboxylic acids is 1. The fourth-order valence-corrected chi connectivity index (χ4v) is 3.98. The molecular formula is C17H16O3S. The largest absolute Gasteiger partial charge is 0.462 e. The van der Waals surface area contributed by atoms with Gasteiger partial charge in [0.25, 0.3) is 0 Å². The molecule has 3 nitrogen and oxygen atoms in total. The molecule has 0 aromatic heterocycles. The number of ether oxygens (including phenoxy) is 1. The van der Waals surface area contributed by atoms with Crippen molar-refractivity contribution in [3.63, 3.8) is 0 Å². The van der Waals surface area contributed by atoms with E-state index in [0.29, 0.717) is 12.2 Å². The zero-order chi connectivity index (χ0) is 15.0. The molecule has 1 unspecified atom stereocenters. The van der Waals surface area contributed by atoms with Crippen LogP contribution in [-0.2, 0) is 22.0 Å². The molecule has 0 radical (unpaired) electrons. The van der Waals surface area contributed by atoms with Gasteiger partial charge in [-0.3, -0.25) is 0 Å². The third kappa shape index (κ3) is 2.51. The molecule has 4 heteroatoms. The Hall–Kier alpha value is -1.94. The Balaban J connectivity index is 2.04. The standard InChI is InChI=1S/C17H16O3S/c1-3-20-17(18)13-6-5-12-9-14-8-11(2)4-7-15(14)21(19)16(12)10-13/h4-8,10H,3,9H2,1-2H3. The first-order valence-electron chi connectivity index (χ1n) is 6.91. The predicted molar refractivity (Wildman–Crippen MR) is 81.1 cm³/mol. The SMILES string of the molecule is CCOC(=O)c1ccc2c(c1)S(=O)c1ccc(C)cc1C2. The topological polar surface area (TPSA) is 43.4 Å². The first-order valence-corrected chi connectivity index (χ1v) is 8.06. The molecular weight excluding hydrogens is 284 g/mol. The summed E-state index contributed by atoms with van der Waals surface area (Å²) in [6.07, 6.45) is 0.751. The number of rotatable bonds is 2. The van der Waals surface area contributed by atoms with Gasteiger partial charge in [0.05, 0.1) is 23.0 Å². The summed E-state index contributed by atoms with van der Waals surface area (Å²) in [5.41, 5.74) is 3.74. The van der Waals surface area contributed by atoms with E-state index in [1.54, 1.807) is 19.1 Å². The van der Waals surface area contributed by atoms with Gasteiger partial charge >= 0.3 is 5.97 Å². The fraction of sp³-hybridized carbons (Fsp3) is 0.235. The van der Waals surface area contributed by atoms with E-state index in [-0.39, 0.29) is 5.97 Å². The maximum Gasteiger partial charge on any atom is 0.338 e. The summed E-state index contributed by atoms with van der Waals surface area (Å²) >= 11 is 0. The number of fused-ring (bicyclic) bond motifs is 2. The number of hydrogen-bond donors (Lipinski definition) is 0. The van der Waals surface area contributed by atoms with Crippen LogP contribution >= 0.6 is 0 Å². The van der Waals surface area contributed by atoms with E-state index in [1.807, 2.05) is 25.1 Å². The zero-order valence-electron chi connectivity index (χ0n) is 12.0. The number of hydrogen-bond acceptors (Lipinski definition) is 3. The van der Waals surface area contributed by atoms with E-state index in [2.05, 4.69) is 6.07 Å². The molecule has 1 aliphatic heterocycles. The van der Waals surface area contributed by atoms with E-state index in [1.165, 1.54) is 0 Å². The fourth-order valence-electron chi connectivity index (χ4n) is 2.57. The van der Waals surface area contributed by atoms with Crippen LogP contribution in [0.25, 0.3) is 0 Å². The Morgan fingerprint density at radius 2 is 1.95 bits per heavy atom. The van der Waals surface area contributed by atoms with Crippen LogP contribution in [0.15, 0.2) is 46.2 Å². The van der Waals surface area contributed by atoms with Crippen LogP contribution in [0.5, 0.6) is 0 Å². The predicted octanol–water partition coefficient (Wildman–Crippen LogP) is 3.24. The van der Waals surface area contributed by atoms with E-state index >= 15 is 0 Å². The van der Waals surface area contributed by atoms with Gasteiger partial charge in [-0.25, -0.2) is 9.00 Å². The highest BCUT2D eigenvalue weighted by atomic mass is 32.2. The Labute approximate surface area is 126 Å². The van der Waals surface area contributed by atoms with Crippen LogP contribution in [0, 0.1) is 6.92 Å². The molecule has 0 amide bonds. The molecule has 0 saturated carbocycles. The lowest BCUT2D eigenvalue weighted by Crippen LogP contribution is -2.12. The second-order valence-corrected chi connectivity index (χ2v) is 6.52. The van der Waals surface area contributed by atoms with E-state index in [4.69, 9.17) is 4.74 Å². The third-order valence-corrected chi connectivity index (χ3v) is 5.15. The minimum atomic E-state index is -1.24. The number of benzene rings is 2. The van der Waals surface area contributed by atoms with Gasteiger partial charge in [-0.15, -0.1) is 0 Å². The van der Waals surface area contributed by atoms with Gasteiger partial charge in [-0.2, -0.15) is 0 Å². The van der Waals surface area contributed by atoms with Crippen LogP contribution in [0.4, 0.5) is 0 Å². The molecule has 2 aromatic rings. The van der Waals surface area contributed by atoms with Crippen LogP contribution in [0.1, 0.15) is 34.0 Å². The Bertz CT molecular complexity index is 750. The number of esters is 1. The van der Waals surface area contributed by atoms with Crippen molar-refractivity contribution in [3.8, 4) is 0 Å². The van der Waals surface area contributed by atoms with Gasteiger partial charge < -0.3 is 4.74 Å². The van der Waals surface area contributed by atoms with Gasteiger partial charge in [-0.1, -0.05) is 23.8 Å². The van der Waals surface area contributed by atoms with Crippen molar-refractivity contribution in [3.05, 3.63) is 58.7 Å². The van der Waals surface area contributed by atoms with Gasteiger partial charge in [-0.05, 0) is 49.6 Å². The molecule has 2 aromatic carbocycles. The molecule has 0 bridgehead atoms. The quantitative estimate of drug-likeness (QED) is 0.682. The average Bonchev–Trinajstić information content (AvgIpc) is 2.47. The monoisotopic (exact) mass is 300 g/mol. The van der Waals surface area contributed by atoms with E-state index < -0.39 is 10.8 Å². The first-order chi connectivity index (χ1) is 10.1. The number of carbonyl (C=O) groups is 1. The van der Waals surface area contributed by atoms with Crippen molar-refractivity contribution in [1.82, 2.24) is 0 Å². The van der Waals surface area contributed by atoms with Crippen LogP contribution < -0.4 is 0 Å². The van der Waals surface area contributed by atoms with Crippen LogP contribution in [-0.4, -0.2) is 16.8 Å². The second-order valence-electron chi connectivity index (χ2n) is 5.10. The maximum atomic E-state index is 12.7. The van der Waals surface area contributed by atoms with Crippen molar-refractivity contribution < 1.29 is 13.7 Å². The minimum Gasteiger partial charge on any atom is -0.462 e. The molecule has 21 heavy (non-hydrogen) atoms. The van der Waals surface area contributed by atoms with Gasteiger partial charge in [0, 0.05) is 9.79 Å². The average molecular weight is 300 g/mol. The van der Waals surface area contributed by atoms with Crippen molar-refractivity contribution in [2.75, 3.05) is 6.61 Å². The van der Waals surface area contributed by atoms with Crippen molar-refractivity contribution in [1.29, 1.82) is 0 Å². The summed E-state index contributed by atoms with van der Waals surface area (Å²) in [5.74, 6) is -0.369. The molecule has 1 heterocycles. The van der Waals surface area contributed by atoms with Crippen LogP contribution in [0.3, 0.4) is 0 Å². The van der Waals surface area contributed by atoms with Gasteiger partial charge in [0.1, 0.15) is 0 Å². The van der Waals surface area contributed by atoms with E-state index in [9.17, 15) is 9.00 Å². The summed E-state index contributed by atoms with van der Waals surface area (Å²) in [5, 5.41) is 0. The summed E-state index contributed by atoms with van der Waals surface area (Å²) in [7, 11) is -1.24. The second kappa shape index (κ2) is 5.45.